The number of nitrogens with one attached hydrogen (secondary N) is 1. The van der Waals surface area contributed by atoms with Gasteiger partial charge in [-0.1, -0.05) is 30.3 Å². The topological polar surface area (TPSA) is 76.9 Å². The van der Waals surface area contributed by atoms with Crippen molar-refractivity contribution in [2.75, 3.05) is 6.54 Å². The summed E-state index contributed by atoms with van der Waals surface area (Å²) >= 11 is 1.68. The van der Waals surface area contributed by atoms with Gasteiger partial charge in [0.25, 0.3) is 5.56 Å². The maximum Gasteiger partial charge on any atom is 0.275 e. The molecule has 0 radical (unpaired) electrons. The monoisotopic (exact) mass is 378 g/mol. The van der Waals surface area contributed by atoms with Gasteiger partial charge in [-0.05, 0) is 24.6 Å². The smallest absolute Gasteiger partial charge is 0.275 e. The molecule has 0 aliphatic heterocycles. The Labute approximate surface area is 159 Å². The molecule has 4 aromatic rings. The molecule has 6 nitrogen and oxygen atoms in total. The van der Waals surface area contributed by atoms with Crippen LogP contribution in [0.15, 0.2) is 59.5 Å². The zero-order chi connectivity index (χ0) is 18.6. The summed E-state index contributed by atoms with van der Waals surface area (Å²) < 4.78 is 2.38. The molecular formula is C20H18N4O2S. The number of para-hydroxylation sites is 1. The Bertz CT molecular complexity index is 1130. The largest absolute Gasteiger partial charge is 0.354 e. The third kappa shape index (κ3) is 3.88. The number of hydrogen-bond donors (Lipinski definition) is 1. The van der Waals surface area contributed by atoms with Crippen LogP contribution in [-0.4, -0.2) is 27.2 Å². The molecule has 2 aromatic carbocycles. The van der Waals surface area contributed by atoms with Crippen molar-refractivity contribution in [3.05, 3.63) is 70.1 Å². The minimum atomic E-state index is -0.252. The first-order valence-corrected chi connectivity index (χ1v) is 9.58. The van der Waals surface area contributed by atoms with Crippen LogP contribution < -0.4 is 10.9 Å². The van der Waals surface area contributed by atoms with Crippen LogP contribution in [-0.2, 0) is 17.8 Å². The summed E-state index contributed by atoms with van der Waals surface area (Å²) in [5.41, 5.74) is 0.765. The number of carbonyl (C=O) groups is 1. The van der Waals surface area contributed by atoms with E-state index in [9.17, 15) is 9.59 Å². The van der Waals surface area contributed by atoms with Crippen molar-refractivity contribution >= 4 is 38.2 Å². The highest BCUT2D eigenvalue weighted by Gasteiger charge is 2.08. The molecule has 0 fully saturated rings. The zero-order valence-corrected chi connectivity index (χ0v) is 15.4. The SMILES string of the molecule is O=C(Cn1ncc2ccccc2c1=O)NCCCc1nc2ccccc2s1. The number of aryl methyl sites for hydroxylation is 1. The average Bonchev–Trinajstić information content (AvgIpc) is 3.10. The lowest BCUT2D eigenvalue weighted by Crippen LogP contribution is -2.34. The van der Waals surface area contributed by atoms with Crippen molar-refractivity contribution in [2.24, 2.45) is 0 Å². The number of hydrogen-bond acceptors (Lipinski definition) is 5. The van der Waals surface area contributed by atoms with Crippen molar-refractivity contribution in [3.63, 3.8) is 0 Å². The summed E-state index contributed by atoms with van der Waals surface area (Å²) in [6.07, 6.45) is 3.22. The molecule has 2 heterocycles. The van der Waals surface area contributed by atoms with Gasteiger partial charge < -0.3 is 5.32 Å². The number of fused-ring (bicyclic) bond motifs is 2. The van der Waals surface area contributed by atoms with Gasteiger partial charge in [-0.25, -0.2) is 9.67 Å². The summed E-state index contributed by atoms with van der Waals surface area (Å²) in [6, 6.07) is 15.3. The molecule has 2 aromatic heterocycles. The molecule has 1 amide bonds. The average molecular weight is 378 g/mol. The van der Waals surface area contributed by atoms with Gasteiger partial charge in [-0.15, -0.1) is 11.3 Å². The van der Waals surface area contributed by atoms with Gasteiger partial charge in [-0.3, -0.25) is 9.59 Å². The molecule has 0 atom stereocenters. The lowest BCUT2D eigenvalue weighted by Gasteiger charge is -2.07. The van der Waals surface area contributed by atoms with E-state index < -0.39 is 0 Å². The van der Waals surface area contributed by atoms with E-state index in [1.54, 1.807) is 29.7 Å². The van der Waals surface area contributed by atoms with E-state index in [0.29, 0.717) is 11.9 Å². The van der Waals surface area contributed by atoms with E-state index in [0.717, 1.165) is 28.8 Å². The number of nitrogens with zero attached hydrogens (tertiary/aromatic N) is 3. The molecule has 0 saturated carbocycles. The van der Waals surface area contributed by atoms with Gasteiger partial charge in [0.05, 0.1) is 26.8 Å². The number of aromatic nitrogens is 3. The molecule has 27 heavy (non-hydrogen) atoms. The summed E-state index contributed by atoms with van der Waals surface area (Å²) in [6.45, 7) is 0.460. The summed E-state index contributed by atoms with van der Waals surface area (Å²) in [7, 11) is 0. The van der Waals surface area contributed by atoms with Gasteiger partial charge in [0, 0.05) is 18.4 Å². The molecule has 136 valence electrons. The fraction of sp³-hybridized carbons (Fsp3) is 0.200. The molecule has 0 aliphatic rings. The van der Waals surface area contributed by atoms with Crippen LogP contribution in [0.25, 0.3) is 21.0 Å². The quantitative estimate of drug-likeness (QED) is 0.524. The molecule has 0 unspecified atom stereocenters. The van der Waals surface area contributed by atoms with Crippen molar-refractivity contribution in [1.29, 1.82) is 0 Å². The van der Waals surface area contributed by atoms with Crippen LogP contribution in [0.5, 0.6) is 0 Å². The third-order valence-electron chi connectivity index (χ3n) is 4.28. The first-order valence-electron chi connectivity index (χ1n) is 8.77. The van der Waals surface area contributed by atoms with Crippen LogP contribution in [0.2, 0.25) is 0 Å². The molecule has 0 bridgehead atoms. The minimum absolute atomic E-state index is 0.0786. The first kappa shape index (κ1) is 17.4. The lowest BCUT2D eigenvalue weighted by atomic mass is 10.2. The number of rotatable bonds is 6. The summed E-state index contributed by atoms with van der Waals surface area (Å²) in [4.78, 5) is 29.1. The molecule has 7 heteroatoms. The molecule has 4 rings (SSSR count). The lowest BCUT2D eigenvalue weighted by molar-refractivity contribution is -0.121. The van der Waals surface area contributed by atoms with E-state index in [4.69, 9.17) is 0 Å². The second-order valence-electron chi connectivity index (χ2n) is 6.22. The highest BCUT2D eigenvalue weighted by molar-refractivity contribution is 7.18. The van der Waals surface area contributed by atoms with Crippen LogP contribution in [0, 0.1) is 0 Å². The Kier molecular flexibility index (Phi) is 4.93. The maximum atomic E-state index is 12.4. The van der Waals surface area contributed by atoms with Gasteiger partial charge >= 0.3 is 0 Å². The Morgan fingerprint density at radius 2 is 1.93 bits per heavy atom. The van der Waals surface area contributed by atoms with Crippen LogP contribution in [0.1, 0.15) is 11.4 Å². The highest BCUT2D eigenvalue weighted by atomic mass is 32.1. The fourth-order valence-corrected chi connectivity index (χ4v) is 3.94. The van der Waals surface area contributed by atoms with Gasteiger partial charge in [0.2, 0.25) is 5.91 Å². The maximum absolute atomic E-state index is 12.4. The molecule has 0 saturated heterocycles. The van der Waals surface area contributed by atoms with E-state index in [-0.39, 0.29) is 18.0 Å². The van der Waals surface area contributed by atoms with Crippen LogP contribution >= 0.6 is 11.3 Å². The van der Waals surface area contributed by atoms with E-state index in [1.807, 2.05) is 30.3 Å². The van der Waals surface area contributed by atoms with Crippen molar-refractivity contribution in [2.45, 2.75) is 19.4 Å². The number of benzene rings is 2. The van der Waals surface area contributed by atoms with E-state index in [1.165, 1.54) is 9.38 Å². The van der Waals surface area contributed by atoms with Gasteiger partial charge in [0.1, 0.15) is 6.54 Å². The zero-order valence-electron chi connectivity index (χ0n) is 14.6. The van der Waals surface area contributed by atoms with E-state index in [2.05, 4.69) is 21.5 Å². The van der Waals surface area contributed by atoms with E-state index >= 15 is 0 Å². The predicted molar refractivity (Wildman–Crippen MR) is 107 cm³/mol. The van der Waals surface area contributed by atoms with Crippen LogP contribution in [0.4, 0.5) is 0 Å². The Balaban J connectivity index is 1.31. The first-order chi connectivity index (χ1) is 13.2. The molecule has 0 spiro atoms. The Morgan fingerprint density at radius 3 is 2.81 bits per heavy atom. The summed E-state index contributed by atoms with van der Waals surface area (Å²) in [5.74, 6) is -0.218. The third-order valence-corrected chi connectivity index (χ3v) is 5.38. The standard InChI is InChI=1S/C20H18N4O2S/c25-18(13-24-20(26)15-7-2-1-6-14(15)12-22-24)21-11-5-10-19-23-16-8-3-4-9-17(16)27-19/h1-4,6-9,12H,5,10-11,13H2,(H,21,25). The molecule has 0 aliphatic carbocycles. The second kappa shape index (κ2) is 7.67. The number of thiazole rings is 1. The Morgan fingerprint density at radius 1 is 1.11 bits per heavy atom. The van der Waals surface area contributed by atoms with Gasteiger partial charge in [-0.2, -0.15) is 5.10 Å². The van der Waals surface area contributed by atoms with Crippen molar-refractivity contribution in [1.82, 2.24) is 20.1 Å². The van der Waals surface area contributed by atoms with Crippen molar-refractivity contribution in [3.8, 4) is 0 Å². The van der Waals surface area contributed by atoms with Gasteiger partial charge in [0.15, 0.2) is 0 Å². The summed E-state index contributed by atoms with van der Waals surface area (Å²) in [5, 5.41) is 9.34. The van der Waals surface area contributed by atoms with Crippen LogP contribution in [0.3, 0.4) is 0 Å². The second-order valence-corrected chi connectivity index (χ2v) is 7.34. The normalized spacial score (nSPS) is 11.1. The predicted octanol–water partition coefficient (Wildman–Crippen LogP) is 2.76. The Hall–Kier alpha value is -3.06. The number of amides is 1. The fourth-order valence-electron chi connectivity index (χ4n) is 2.93. The molecule has 1 N–H and O–H groups in total. The highest BCUT2D eigenvalue weighted by Crippen LogP contribution is 2.22. The number of carbonyl (C=O) groups excluding carboxylic acids is 1. The van der Waals surface area contributed by atoms with Crippen molar-refractivity contribution < 1.29 is 4.79 Å². The minimum Gasteiger partial charge on any atom is -0.354 e. The molecular weight excluding hydrogens is 360 g/mol.